The van der Waals surface area contributed by atoms with Gasteiger partial charge >= 0.3 is 11.9 Å². The van der Waals surface area contributed by atoms with Gasteiger partial charge in [-0.3, -0.25) is 9.59 Å². The Labute approximate surface area is 156 Å². The van der Waals surface area contributed by atoms with Crippen LogP contribution in [0, 0.1) is 0 Å². The number of carbonyl (C=O) groups excluding carboxylic acids is 4. The fourth-order valence-corrected chi connectivity index (χ4v) is 2.29. The Balaban J connectivity index is 1.83. The van der Waals surface area contributed by atoms with Crippen LogP contribution in [0.3, 0.4) is 0 Å². The van der Waals surface area contributed by atoms with Gasteiger partial charge in [-0.05, 0) is 30.7 Å². The molecule has 1 amide bonds. The van der Waals surface area contributed by atoms with Gasteiger partial charge in [0.05, 0.1) is 12.7 Å². The van der Waals surface area contributed by atoms with Crippen LogP contribution >= 0.6 is 0 Å². The van der Waals surface area contributed by atoms with Crippen molar-refractivity contribution in [2.75, 3.05) is 13.7 Å². The van der Waals surface area contributed by atoms with Crippen molar-refractivity contribution >= 4 is 23.6 Å². The summed E-state index contributed by atoms with van der Waals surface area (Å²) in [6, 6.07) is 7.98. The van der Waals surface area contributed by atoms with E-state index in [0.29, 0.717) is 11.1 Å². The maximum Gasteiger partial charge on any atom is 0.355 e. The van der Waals surface area contributed by atoms with E-state index in [0.717, 1.165) is 5.56 Å². The SMILES string of the molecule is COC(=O)c1ccc(CNC(=O)COC(=O)c2cc(C(C)=O)cn2C)cc1. The molecule has 8 nitrogen and oxygen atoms in total. The minimum atomic E-state index is -0.692. The number of amides is 1. The third kappa shape index (κ3) is 5.27. The first-order valence-corrected chi connectivity index (χ1v) is 8.10. The van der Waals surface area contributed by atoms with E-state index >= 15 is 0 Å². The largest absolute Gasteiger partial charge is 0.465 e. The summed E-state index contributed by atoms with van der Waals surface area (Å²) >= 11 is 0. The molecule has 0 spiro atoms. The lowest BCUT2D eigenvalue weighted by atomic mass is 10.1. The monoisotopic (exact) mass is 372 g/mol. The third-order valence-corrected chi connectivity index (χ3v) is 3.82. The molecule has 142 valence electrons. The molecular weight excluding hydrogens is 352 g/mol. The summed E-state index contributed by atoms with van der Waals surface area (Å²) in [5, 5.41) is 2.61. The second-order valence-electron chi connectivity index (χ2n) is 5.82. The molecule has 0 aliphatic carbocycles. The topological polar surface area (TPSA) is 104 Å². The maximum absolute atomic E-state index is 12.0. The number of benzene rings is 1. The van der Waals surface area contributed by atoms with Crippen LogP contribution in [0.4, 0.5) is 0 Å². The first kappa shape index (κ1) is 19.9. The Bertz CT molecular complexity index is 867. The Hall–Kier alpha value is -3.42. The number of esters is 2. The summed E-state index contributed by atoms with van der Waals surface area (Å²) in [6.45, 7) is 1.17. The molecule has 0 atom stereocenters. The van der Waals surface area contributed by atoms with E-state index in [-0.39, 0.29) is 18.0 Å². The number of Topliss-reactive ketones (excluding diaryl/α,β-unsaturated/α-hetero) is 1. The van der Waals surface area contributed by atoms with Gasteiger partial charge in [0.1, 0.15) is 5.69 Å². The number of hydrogen-bond donors (Lipinski definition) is 1. The zero-order valence-electron chi connectivity index (χ0n) is 15.3. The number of rotatable bonds is 7. The zero-order chi connectivity index (χ0) is 20.0. The predicted molar refractivity (Wildman–Crippen MR) is 95.3 cm³/mol. The molecule has 1 aromatic heterocycles. The van der Waals surface area contributed by atoms with E-state index in [2.05, 4.69) is 10.1 Å². The smallest absolute Gasteiger partial charge is 0.355 e. The fraction of sp³-hybridized carbons (Fsp3) is 0.263. The Morgan fingerprint density at radius 3 is 2.26 bits per heavy atom. The quantitative estimate of drug-likeness (QED) is 0.583. The molecule has 0 unspecified atom stereocenters. The number of ether oxygens (including phenoxy) is 2. The van der Waals surface area contributed by atoms with Crippen molar-refractivity contribution in [1.29, 1.82) is 0 Å². The highest BCUT2D eigenvalue weighted by atomic mass is 16.5. The van der Waals surface area contributed by atoms with Gasteiger partial charge in [-0.25, -0.2) is 9.59 Å². The highest BCUT2D eigenvalue weighted by Crippen LogP contribution is 2.09. The summed E-state index contributed by atoms with van der Waals surface area (Å²) < 4.78 is 11.1. The first-order valence-electron chi connectivity index (χ1n) is 8.10. The van der Waals surface area contributed by atoms with Crippen LogP contribution in [0.5, 0.6) is 0 Å². The number of methoxy groups -OCH3 is 1. The van der Waals surface area contributed by atoms with Gasteiger partial charge in [0.15, 0.2) is 12.4 Å². The fourth-order valence-electron chi connectivity index (χ4n) is 2.29. The van der Waals surface area contributed by atoms with Gasteiger partial charge in [-0.2, -0.15) is 0 Å². The van der Waals surface area contributed by atoms with Crippen LogP contribution in [-0.4, -0.2) is 41.9 Å². The summed E-state index contributed by atoms with van der Waals surface area (Å²) in [5.41, 5.74) is 1.76. The van der Waals surface area contributed by atoms with Gasteiger partial charge in [0.25, 0.3) is 5.91 Å². The maximum atomic E-state index is 12.0. The van der Waals surface area contributed by atoms with Gasteiger partial charge in [0.2, 0.25) is 0 Å². The second-order valence-corrected chi connectivity index (χ2v) is 5.82. The molecule has 0 saturated heterocycles. The van der Waals surface area contributed by atoms with Crippen molar-refractivity contribution in [2.24, 2.45) is 7.05 Å². The lowest BCUT2D eigenvalue weighted by Gasteiger charge is -2.07. The van der Waals surface area contributed by atoms with Crippen LogP contribution in [0.25, 0.3) is 0 Å². The molecule has 0 fully saturated rings. The normalized spacial score (nSPS) is 10.2. The lowest BCUT2D eigenvalue weighted by Crippen LogP contribution is -2.28. The van der Waals surface area contributed by atoms with Gasteiger partial charge in [-0.1, -0.05) is 12.1 Å². The molecule has 1 aromatic carbocycles. The van der Waals surface area contributed by atoms with Crippen LogP contribution in [0.1, 0.15) is 43.7 Å². The molecule has 0 saturated carbocycles. The molecule has 0 aliphatic rings. The Morgan fingerprint density at radius 1 is 1.04 bits per heavy atom. The van der Waals surface area contributed by atoms with Crippen molar-refractivity contribution in [1.82, 2.24) is 9.88 Å². The number of ketones is 1. The first-order chi connectivity index (χ1) is 12.8. The van der Waals surface area contributed by atoms with E-state index in [4.69, 9.17) is 4.74 Å². The molecular formula is C19H20N2O6. The van der Waals surface area contributed by atoms with E-state index in [1.807, 2.05) is 0 Å². The van der Waals surface area contributed by atoms with Gasteiger partial charge in [-0.15, -0.1) is 0 Å². The number of aryl methyl sites for hydroxylation is 1. The van der Waals surface area contributed by atoms with Crippen molar-refractivity contribution < 1.29 is 28.7 Å². The molecule has 0 aliphatic heterocycles. The van der Waals surface area contributed by atoms with Crippen LogP contribution < -0.4 is 5.32 Å². The molecule has 8 heteroatoms. The summed E-state index contributed by atoms with van der Waals surface area (Å²) in [7, 11) is 2.91. The van der Waals surface area contributed by atoms with Crippen molar-refractivity contribution in [3.05, 3.63) is 58.9 Å². The molecule has 1 N–H and O–H groups in total. The summed E-state index contributed by atoms with van der Waals surface area (Å²) in [5.74, 6) is -1.77. The van der Waals surface area contributed by atoms with Gasteiger partial charge in [0, 0.05) is 25.4 Å². The minimum Gasteiger partial charge on any atom is -0.465 e. The van der Waals surface area contributed by atoms with Crippen molar-refractivity contribution in [2.45, 2.75) is 13.5 Å². The molecule has 0 radical (unpaired) electrons. The number of carbonyl (C=O) groups is 4. The van der Waals surface area contributed by atoms with Crippen molar-refractivity contribution in [3.63, 3.8) is 0 Å². The second kappa shape index (κ2) is 8.79. The molecule has 1 heterocycles. The number of nitrogens with one attached hydrogen (secondary N) is 1. The van der Waals surface area contributed by atoms with Gasteiger partial charge < -0.3 is 19.4 Å². The number of hydrogen-bond acceptors (Lipinski definition) is 6. The predicted octanol–water partition coefficient (Wildman–Crippen LogP) is 1.49. The highest BCUT2D eigenvalue weighted by molar-refractivity contribution is 5.98. The Kier molecular flexibility index (Phi) is 6.48. The average molecular weight is 372 g/mol. The lowest BCUT2D eigenvalue weighted by molar-refractivity contribution is -0.124. The van der Waals surface area contributed by atoms with E-state index in [1.54, 1.807) is 31.3 Å². The summed E-state index contributed by atoms with van der Waals surface area (Å²) in [4.78, 5) is 46.6. The Morgan fingerprint density at radius 2 is 1.70 bits per heavy atom. The summed E-state index contributed by atoms with van der Waals surface area (Å²) in [6.07, 6.45) is 1.52. The van der Waals surface area contributed by atoms with Crippen LogP contribution in [-0.2, 0) is 27.9 Å². The van der Waals surface area contributed by atoms with E-state index in [9.17, 15) is 19.2 Å². The van der Waals surface area contributed by atoms with E-state index < -0.39 is 24.5 Å². The third-order valence-electron chi connectivity index (χ3n) is 3.82. The molecule has 2 rings (SSSR count). The van der Waals surface area contributed by atoms with E-state index in [1.165, 1.54) is 30.9 Å². The van der Waals surface area contributed by atoms with Crippen LogP contribution in [0.2, 0.25) is 0 Å². The highest BCUT2D eigenvalue weighted by Gasteiger charge is 2.16. The molecule has 0 bridgehead atoms. The van der Waals surface area contributed by atoms with Crippen molar-refractivity contribution in [3.8, 4) is 0 Å². The zero-order valence-corrected chi connectivity index (χ0v) is 15.3. The average Bonchev–Trinajstić information content (AvgIpc) is 3.06. The number of aromatic nitrogens is 1. The standard InChI is InChI=1S/C19H20N2O6/c1-12(22)15-8-16(21(2)10-15)19(25)27-11-17(23)20-9-13-4-6-14(7-5-13)18(24)26-3/h4-8,10H,9,11H2,1-3H3,(H,20,23). The number of nitrogens with zero attached hydrogens (tertiary/aromatic N) is 1. The molecule has 2 aromatic rings. The van der Waals surface area contributed by atoms with Crippen LogP contribution in [0.15, 0.2) is 36.5 Å². The molecule has 27 heavy (non-hydrogen) atoms. The minimum absolute atomic E-state index is 0.166.